The number of nitrogens with zero attached hydrogens (tertiary/aromatic N) is 2. The largest absolute Gasteiger partial charge is 0.342 e. The highest BCUT2D eigenvalue weighted by Crippen LogP contribution is 2.22. The number of fused-ring (bicyclic) bond motifs is 1. The Hall–Kier alpha value is -1.49. The number of benzene rings is 1. The second-order valence-corrected chi connectivity index (χ2v) is 8.18. The lowest BCUT2D eigenvalue weighted by molar-refractivity contribution is -0.130. The van der Waals surface area contributed by atoms with Crippen molar-refractivity contribution in [3.8, 4) is 0 Å². The molecule has 1 N–H and O–H groups in total. The number of nitrogens with one attached hydrogen (secondary N) is 1. The predicted octanol–water partition coefficient (Wildman–Crippen LogP) is 3.49. The summed E-state index contributed by atoms with van der Waals surface area (Å²) in [5, 5.41) is 0.509. The van der Waals surface area contributed by atoms with Crippen LogP contribution in [0.15, 0.2) is 24.3 Å². The summed E-state index contributed by atoms with van der Waals surface area (Å²) >= 11 is 1.73. The second-order valence-electron chi connectivity index (χ2n) is 6.61. The van der Waals surface area contributed by atoms with Crippen LogP contribution in [0.4, 0.5) is 0 Å². The van der Waals surface area contributed by atoms with Crippen molar-refractivity contribution in [1.82, 2.24) is 14.9 Å². The second kappa shape index (κ2) is 7.39. The standard InChI is InChI=1S/C18H25N3OS/c1-13(2)23-12-18(22)21-9-5-6-14(11-21)10-17-19-15-7-3-4-8-16(15)20-17/h3-4,7-8,13-14H,5-6,9-12H2,1-2H3,(H,19,20). The van der Waals surface area contributed by atoms with E-state index in [1.54, 1.807) is 11.8 Å². The topological polar surface area (TPSA) is 49.0 Å². The van der Waals surface area contributed by atoms with Gasteiger partial charge in [0.05, 0.1) is 16.8 Å². The molecule has 0 radical (unpaired) electrons. The highest BCUT2D eigenvalue weighted by atomic mass is 32.2. The van der Waals surface area contributed by atoms with E-state index in [4.69, 9.17) is 0 Å². The number of amides is 1. The normalized spacial score (nSPS) is 18.7. The quantitative estimate of drug-likeness (QED) is 0.912. The summed E-state index contributed by atoms with van der Waals surface area (Å²) in [6, 6.07) is 8.14. The van der Waals surface area contributed by atoms with Crippen molar-refractivity contribution >= 4 is 28.7 Å². The Morgan fingerprint density at radius 2 is 2.26 bits per heavy atom. The Morgan fingerprint density at radius 1 is 1.43 bits per heavy atom. The third kappa shape index (κ3) is 4.28. The summed E-state index contributed by atoms with van der Waals surface area (Å²) < 4.78 is 0. The van der Waals surface area contributed by atoms with Gasteiger partial charge in [0.2, 0.25) is 5.91 Å². The number of rotatable bonds is 5. The first kappa shape index (κ1) is 16.4. The fourth-order valence-electron chi connectivity index (χ4n) is 3.16. The van der Waals surface area contributed by atoms with Crippen LogP contribution in [0.5, 0.6) is 0 Å². The van der Waals surface area contributed by atoms with Gasteiger partial charge in [0, 0.05) is 19.5 Å². The van der Waals surface area contributed by atoms with Crippen molar-refractivity contribution < 1.29 is 4.79 Å². The molecule has 0 bridgehead atoms. The molecule has 0 aliphatic carbocycles. The van der Waals surface area contributed by atoms with Crippen LogP contribution in [0.1, 0.15) is 32.5 Å². The van der Waals surface area contributed by atoms with Gasteiger partial charge >= 0.3 is 0 Å². The first-order valence-electron chi connectivity index (χ1n) is 8.45. The minimum atomic E-state index is 0.290. The van der Waals surface area contributed by atoms with Gasteiger partial charge in [0.15, 0.2) is 0 Å². The average molecular weight is 331 g/mol. The molecule has 1 aliphatic heterocycles. The molecule has 2 aromatic rings. The van der Waals surface area contributed by atoms with E-state index in [9.17, 15) is 4.79 Å². The molecule has 3 rings (SSSR count). The van der Waals surface area contributed by atoms with E-state index in [0.717, 1.165) is 42.8 Å². The number of carbonyl (C=O) groups is 1. The van der Waals surface area contributed by atoms with Gasteiger partial charge in [0.1, 0.15) is 5.82 Å². The van der Waals surface area contributed by atoms with Crippen LogP contribution in [0.25, 0.3) is 11.0 Å². The molecule has 1 amide bonds. The van der Waals surface area contributed by atoms with Crippen LogP contribution in [0.2, 0.25) is 0 Å². The summed E-state index contributed by atoms with van der Waals surface area (Å²) in [5.41, 5.74) is 2.12. The zero-order valence-electron chi connectivity index (χ0n) is 13.9. The lowest BCUT2D eigenvalue weighted by Crippen LogP contribution is -2.41. The number of aromatic amines is 1. The van der Waals surface area contributed by atoms with E-state index in [2.05, 4.69) is 29.9 Å². The molecule has 1 unspecified atom stereocenters. The van der Waals surface area contributed by atoms with Gasteiger partial charge in [-0.3, -0.25) is 4.79 Å². The van der Waals surface area contributed by atoms with E-state index in [1.165, 1.54) is 6.42 Å². The van der Waals surface area contributed by atoms with Crippen LogP contribution in [-0.4, -0.2) is 44.9 Å². The highest BCUT2D eigenvalue weighted by Gasteiger charge is 2.24. The maximum atomic E-state index is 12.3. The first-order chi connectivity index (χ1) is 11.1. The van der Waals surface area contributed by atoms with Gasteiger partial charge in [-0.15, -0.1) is 11.8 Å². The summed E-state index contributed by atoms with van der Waals surface area (Å²) in [7, 11) is 0. The van der Waals surface area contributed by atoms with Crippen LogP contribution < -0.4 is 0 Å². The molecule has 4 nitrogen and oxygen atoms in total. The fraction of sp³-hybridized carbons (Fsp3) is 0.556. The fourth-order valence-corrected chi connectivity index (χ4v) is 3.82. The Bertz CT molecular complexity index is 634. The van der Waals surface area contributed by atoms with Crippen molar-refractivity contribution in [2.75, 3.05) is 18.8 Å². The Kier molecular flexibility index (Phi) is 5.26. The van der Waals surface area contributed by atoms with Gasteiger partial charge in [-0.1, -0.05) is 26.0 Å². The molecule has 1 saturated heterocycles. The third-order valence-electron chi connectivity index (χ3n) is 4.33. The molecular formula is C18H25N3OS. The van der Waals surface area contributed by atoms with Crippen LogP contribution >= 0.6 is 11.8 Å². The Morgan fingerprint density at radius 3 is 3.04 bits per heavy atom. The lowest BCUT2D eigenvalue weighted by atomic mass is 9.94. The Balaban J connectivity index is 1.58. The minimum Gasteiger partial charge on any atom is -0.342 e. The monoisotopic (exact) mass is 331 g/mol. The zero-order valence-corrected chi connectivity index (χ0v) is 14.7. The molecule has 124 valence electrons. The van der Waals surface area contributed by atoms with Gasteiger partial charge in [-0.2, -0.15) is 0 Å². The number of carbonyl (C=O) groups excluding carboxylic acids is 1. The smallest absolute Gasteiger partial charge is 0.232 e. The van der Waals surface area contributed by atoms with E-state index >= 15 is 0 Å². The average Bonchev–Trinajstić information content (AvgIpc) is 2.95. The number of H-pyrrole nitrogens is 1. The van der Waals surface area contributed by atoms with Crippen molar-refractivity contribution in [2.24, 2.45) is 5.92 Å². The number of imidazole rings is 1. The van der Waals surface area contributed by atoms with Crippen molar-refractivity contribution in [3.05, 3.63) is 30.1 Å². The maximum Gasteiger partial charge on any atom is 0.232 e. The van der Waals surface area contributed by atoms with Crippen molar-refractivity contribution in [1.29, 1.82) is 0 Å². The van der Waals surface area contributed by atoms with Gasteiger partial charge in [-0.05, 0) is 36.1 Å². The lowest BCUT2D eigenvalue weighted by Gasteiger charge is -2.32. The molecule has 1 aromatic heterocycles. The number of hydrogen-bond acceptors (Lipinski definition) is 3. The summed E-state index contributed by atoms with van der Waals surface area (Å²) in [6.07, 6.45) is 3.21. The third-order valence-corrected chi connectivity index (χ3v) is 5.41. The van der Waals surface area contributed by atoms with Crippen molar-refractivity contribution in [3.63, 3.8) is 0 Å². The molecule has 23 heavy (non-hydrogen) atoms. The van der Waals surface area contributed by atoms with Gasteiger partial charge < -0.3 is 9.88 Å². The number of hydrogen-bond donors (Lipinski definition) is 1. The van der Waals surface area contributed by atoms with E-state index < -0.39 is 0 Å². The first-order valence-corrected chi connectivity index (χ1v) is 9.49. The summed E-state index contributed by atoms with van der Waals surface area (Å²) in [5.74, 6) is 2.45. The molecule has 1 aromatic carbocycles. The number of para-hydroxylation sites is 2. The minimum absolute atomic E-state index is 0.290. The highest BCUT2D eigenvalue weighted by molar-refractivity contribution is 8.00. The molecule has 1 aliphatic rings. The molecule has 1 fully saturated rings. The molecule has 5 heteroatoms. The van der Waals surface area contributed by atoms with Gasteiger partial charge in [0.25, 0.3) is 0 Å². The number of likely N-dealkylation sites (tertiary alicyclic amines) is 1. The number of piperidine rings is 1. The van der Waals surface area contributed by atoms with Gasteiger partial charge in [-0.25, -0.2) is 4.98 Å². The summed E-state index contributed by atoms with van der Waals surface area (Å²) in [6.45, 7) is 6.06. The van der Waals surface area contributed by atoms with E-state index in [1.807, 2.05) is 23.1 Å². The number of thioether (sulfide) groups is 1. The zero-order chi connectivity index (χ0) is 16.2. The molecule has 0 saturated carbocycles. The van der Waals surface area contributed by atoms with E-state index in [0.29, 0.717) is 16.9 Å². The molecule has 0 spiro atoms. The maximum absolute atomic E-state index is 12.3. The molecular weight excluding hydrogens is 306 g/mol. The molecule has 2 heterocycles. The molecule has 1 atom stereocenters. The number of aromatic nitrogens is 2. The van der Waals surface area contributed by atoms with Crippen molar-refractivity contribution in [2.45, 2.75) is 38.4 Å². The predicted molar refractivity (Wildman–Crippen MR) is 96.7 cm³/mol. The van der Waals surface area contributed by atoms with Crippen LogP contribution in [0, 0.1) is 5.92 Å². The van der Waals surface area contributed by atoms with Crippen LogP contribution in [-0.2, 0) is 11.2 Å². The van der Waals surface area contributed by atoms with E-state index in [-0.39, 0.29) is 5.91 Å². The van der Waals surface area contributed by atoms with Crippen LogP contribution in [0.3, 0.4) is 0 Å². The SMILES string of the molecule is CC(C)SCC(=O)N1CCCC(Cc2nc3ccccc3[nH]2)C1. The summed E-state index contributed by atoms with van der Waals surface area (Å²) in [4.78, 5) is 22.5. The Labute approximate surface area is 142 Å².